The molecule has 27 heavy (non-hydrogen) atoms. The number of hydrogen-bond donors (Lipinski definition) is 2. The van der Waals surface area contributed by atoms with E-state index in [0.717, 1.165) is 25.7 Å². The number of hydrogen-bond acceptors (Lipinski definition) is 4. The molecule has 0 unspecified atom stereocenters. The first-order valence-corrected chi connectivity index (χ1v) is 9.54. The van der Waals surface area contributed by atoms with Gasteiger partial charge in [0.25, 0.3) is 5.91 Å². The number of methoxy groups -OCH3 is 1. The molecule has 152 valence electrons. The number of carbonyl (C=O) groups excluding carboxylic acids is 1. The molecule has 1 aromatic rings. The molecule has 0 spiro atoms. The second-order valence-electron chi connectivity index (χ2n) is 6.45. The van der Waals surface area contributed by atoms with E-state index in [9.17, 15) is 4.79 Å². The molecule has 0 saturated heterocycles. The van der Waals surface area contributed by atoms with Crippen molar-refractivity contribution in [1.29, 1.82) is 0 Å². The number of ether oxygens (including phenoxy) is 2. The van der Waals surface area contributed by atoms with Gasteiger partial charge in [-0.25, -0.2) is 4.99 Å². The van der Waals surface area contributed by atoms with Crippen LogP contribution in [0.3, 0.4) is 0 Å². The van der Waals surface area contributed by atoms with E-state index in [2.05, 4.69) is 10.3 Å². The molecule has 1 aliphatic carbocycles. The topological polar surface area (TPSA) is 85.9 Å². The molecule has 1 fully saturated rings. The lowest BCUT2D eigenvalue weighted by molar-refractivity contribution is 0.0968. The molecular formula is C19H29Cl2N3O3. The van der Waals surface area contributed by atoms with E-state index in [0.29, 0.717) is 29.5 Å². The van der Waals surface area contributed by atoms with Crippen molar-refractivity contribution in [3.63, 3.8) is 0 Å². The Labute approximate surface area is 172 Å². The van der Waals surface area contributed by atoms with Gasteiger partial charge in [0, 0.05) is 12.1 Å². The minimum absolute atomic E-state index is 0. The summed E-state index contributed by atoms with van der Waals surface area (Å²) < 4.78 is 10.6. The summed E-state index contributed by atoms with van der Waals surface area (Å²) in [4.78, 5) is 17.1. The summed E-state index contributed by atoms with van der Waals surface area (Å²) in [6.07, 6.45) is 8.11. The Hall–Kier alpha value is -1.50. The highest BCUT2D eigenvalue weighted by Crippen LogP contribution is 2.23. The van der Waals surface area contributed by atoms with E-state index in [1.807, 2.05) is 0 Å². The number of nitrogens with two attached hydrogens (primary N) is 1. The van der Waals surface area contributed by atoms with E-state index in [1.165, 1.54) is 19.3 Å². The number of guanidine groups is 1. The lowest BCUT2D eigenvalue weighted by atomic mass is 9.97. The third kappa shape index (κ3) is 8.37. The first kappa shape index (κ1) is 23.5. The lowest BCUT2D eigenvalue weighted by Crippen LogP contribution is -2.38. The summed E-state index contributed by atoms with van der Waals surface area (Å²) in [5.41, 5.74) is 6.29. The minimum atomic E-state index is -0.382. The van der Waals surface area contributed by atoms with Crippen molar-refractivity contribution >= 4 is 35.9 Å². The zero-order valence-electron chi connectivity index (χ0n) is 15.7. The van der Waals surface area contributed by atoms with Gasteiger partial charge in [-0.15, -0.1) is 12.4 Å². The highest BCUT2D eigenvalue weighted by atomic mass is 35.5. The molecule has 1 amide bonds. The molecule has 0 aliphatic heterocycles. The molecule has 1 aliphatic rings. The van der Waals surface area contributed by atoms with Gasteiger partial charge < -0.3 is 15.2 Å². The van der Waals surface area contributed by atoms with Crippen LogP contribution in [0.4, 0.5) is 0 Å². The normalized spacial score (nSPS) is 16.0. The molecule has 6 nitrogen and oxygen atoms in total. The van der Waals surface area contributed by atoms with Gasteiger partial charge in [-0.3, -0.25) is 10.1 Å². The highest BCUT2D eigenvalue weighted by Gasteiger charge is 2.16. The highest BCUT2D eigenvalue weighted by molar-refractivity contribution is 6.31. The van der Waals surface area contributed by atoms with E-state index in [4.69, 9.17) is 26.8 Å². The average Bonchev–Trinajstić information content (AvgIpc) is 2.58. The number of aliphatic imine (C=N–C) groups is 1. The van der Waals surface area contributed by atoms with Crippen molar-refractivity contribution in [2.75, 3.05) is 20.3 Å². The Morgan fingerprint density at radius 2 is 1.89 bits per heavy atom. The van der Waals surface area contributed by atoms with Gasteiger partial charge in [0.1, 0.15) is 12.4 Å². The molecule has 0 atom stereocenters. The predicted octanol–water partition coefficient (Wildman–Crippen LogP) is 3.94. The minimum Gasteiger partial charge on any atom is -0.490 e. The van der Waals surface area contributed by atoms with Crippen LogP contribution < -0.4 is 15.8 Å². The third-order valence-electron chi connectivity index (χ3n) is 4.37. The van der Waals surface area contributed by atoms with Crippen LogP contribution in [-0.4, -0.2) is 38.2 Å². The summed E-state index contributed by atoms with van der Waals surface area (Å²) in [5.74, 6) is 0.193. The van der Waals surface area contributed by atoms with Gasteiger partial charge >= 0.3 is 0 Å². The summed E-state index contributed by atoms with van der Waals surface area (Å²) in [5, 5.41) is 3.11. The van der Waals surface area contributed by atoms with Crippen molar-refractivity contribution in [2.24, 2.45) is 10.7 Å². The molecule has 0 heterocycles. The van der Waals surface area contributed by atoms with Crippen LogP contribution in [0.15, 0.2) is 23.2 Å². The number of rotatable bonds is 6. The maximum Gasteiger partial charge on any atom is 0.261 e. The number of carbonyl (C=O) groups is 1. The van der Waals surface area contributed by atoms with E-state index < -0.39 is 0 Å². The van der Waals surface area contributed by atoms with Crippen molar-refractivity contribution in [1.82, 2.24) is 5.32 Å². The van der Waals surface area contributed by atoms with Gasteiger partial charge in [-0.1, -0.05) is 43.7 Å². The summed E-state index contributed by atoms with van der Waals surface area (Å²) >= 11 is 6.03. The van der Waals surface area contributed by atoms with Crippen molar-refractivity contribution in [3.05, 3.63) is 28.8 Å². The molecular weight excluding hydrogens is 389 g/mol. The molecule has 0 bridgehead atoms. The van der Waals surface area contributed by atoms with Crippen LogP contribution >= 0.6 is 24.0 Å². The van der Waals surface area contributed by atoms with Crippen LogP contribution in [-0.2, 0) is 4.74 Å². The summed E-state index contributed by atoms with van der Waals surface area (Å²) in [6, 6.07) is 5.07. The maximum atomic E-state index is 12.6. The SMILES string of the molecule is COCCOc1ccc(Cl)cc1C(=O)NC(N)=NC1CCCCCCC1.Cl. The van der Waals surface area contributed by atoms with E-state index in [-0.39, 0.29) is 30.3 Å². The van der Waals surface area contributed by atoms with Crippen LogP contribution in [0.1, 0.15) is 55.3 Å². The number of amides is 1. The first-order valence-electron chi connectivity index (χ1n) is 9.16. The van der Waals surface area contributed by atoms with Crippen LogP contribution in [0.2, 0.25) is 5.02 Å². The van der Waals surface area contributed by atoms with Gasteiger partial charge in [0.2, 0.25) is 0 Å². The number of halogens is 2. The second kappa shape index (κ2) is 12.8. The van der Waals surface area contributed by atoms with E-state index in [1.54, 1.807) is 25.3 Å². The summed E-state index contributed by atoms with van der Waals surface area (Å²) in [7, 11) is 1.59. The fourth-order valence-corrected chi connectivity index (χ4v) is 3.19. The maximum absolute atomic E-state index is 12.6. The molecule has 8 heteroatoms. The standard InChI is InChI=1S/C19H28ClN3O3.ClH/c1-25-11-12-26-17-10-9-14(20)13-16(17)18(24)23-19(21)22-15-7-5-3-2-4-6-8-15;/h9-10,13,15H,2-8,11-12H2,1H3,(H3,21,22,23,24);1H. The van der Waals surface area contributed by atoms with Crippen LogP contribution in [0.25, 0.3) is 0 Å². The Morgan fingerprint density at radius 1 is 1.22 bits per heavy atom. The Balaban J connectivity index is 0.00000364. The number of benzene rings is 1. The first-order chi connectivity index (χ1) is 12.6. The van der Waals surface area contributed by atoms with Gasteiger partial charge in [-0.05, 0) is 31.0 Å². The summed E-state index contributed by atoms with van der Waals surface area (Å²) in [6.45, 7) is 0.763. The second-order valence-corrected chi connectivity index (χ2v) is 6.89. The smallest absolute Gasteiger partial charge is 0.261 e. The van der Waals surface area contributed by atoms with Crippen LogP contribution in [0.5, 0.6) is 5.75 Å². The molecule has 1 saturated carbocycles. The fraction of sp³-hybridized carbons (Fsp3) is 0.579. The quantitative estimate of drug-likeness (QED) is 0.416. The molecule has 2 rings (SSSR count). The Bertz CT molecular complexity index is 618. The monoisotopic (exact) mass is 417 g/mol. The molecule has 0 aromatic heterocycles. The molecule has 1 aromatic carbocycles. The van der Waals surface area contributed by atoms with Gasteiger partial charge in [-0.2, -0.15) is 0 Å². The number of nitrogens with one attached hydrogen (secondary N) is 1. The van der Waals surface area contributed by atoms with Crippen molar-refractivity contribution < 1.29 is 14.3 Å². The van der Waals surface area contributed by atoms with Gasteiger partial charge in [0.15, 0.2) is 5.96 Å². The Kier molecular flexibility index (Phi) is 11.2. The number of nitrogens with zero attached hydrogens (tertiary/aromatic N) is 1. The zero-order valence-corrected chi connectivity index (χ0v) is 17.3. The third-order valence-corrected chi connectivity index (χ3v) is 4.60. The van der Waals surface area contributed by atoms with Crippen LogP contribution in [0, 0.1) is 0 Å². The van der Waals surface area contributed by atoms with Crippen molar-refractivity contribution in [2.45, 2.75) is 51.0 Å². The lowest BCUT2D eigenvalue weighted by Gasteiger charge is -2.17. The van der Waals surface area contributed by atoms with Gasteiger partial charge in [0.05, 0.1) is 18.2 Å². The molecule has 3 N–H and O–H groups in total. The predicted molar refractivity (Wildman–Crippen MR) is 111 cm³/mol. The zero-order chi connectivity index (χ0) is 18.8. The van der Waals surface area contributed by atoms with Crippen molar-refractivity contribution in [3.8, 4) is 5.75 Å². The average molecular weight is 418 g/mol. The molecule has 0 radical (unpaired) electrons. The fourth-order valence-electron chi connectivity index (χ4n) is 3.02. The Morgan fingerprint density at radius 3 is 2.56 bits per heavy atom. The van der Waals surface area contributed by atoms with E-state index >= 15 is 0 Å². The largest absolute Gasteiger partial charge is 0.490 e.